The predicted octanol–water partition coefficient (Wildman–Crippen LogP) is 2.08. The second kappa shape index (κ2) is 7.89. The molecule has 1 amide bonds. The fourth-order valence-electron chi connectivity index (χ4n) is 4.34. The summed E-state index contributed by atoms with van der Waals surface area (Å²) in [4.78, 5) is 16.6. The summed E-state index contributed by atoms with van der Waals surface area (Å²) in [6.07, 6.45) is 4.01. The van der Waals surface area contributed by atoms with Crippen LogP contribution in [0.3, 0.4) is 0 Å². The lowest BCUT2D eigenvalue weighted by molar-refractivity contribution is -0.131. The third-order valence-electron chi connectivity index (χ3n) is 5.73. The summed E-state index contributed by atoms with van der Waals surface area (Å²) in [6.45, 7) is 4.89. The van der Waals surface area contributed by atoms with Crippen molar-refractivity contribution in [1.29, 1.82) is 0 Å². The minimum Gasteiger partial charge on any atom is -0.396 e. The molecule has 1 unspecified atom stereocenters. The van der Waals surface area contributed by atoms with E-state index in [1.165, 1.54) is 5.56 Å². The van der Waals surface area contributed by atoms with Crippen LogP contribution in [0.25, 0.3) is 0 Å². The molecule has 0 aromatic heterocycles. The average molecular weight is 349 g/mol. The van der Waals surface area contributed by atoms with Crippen LogP contribution in [0, 0.1) is 11.3 Å². The molecule has 0 saturated carbocycles. The maximum absolute atomic E-state index is 12.1. The van der Waals surface area contributed by atoms with E-state index >= 15 is 0 Å². The van der Waals surface area contributed by atoms with E-state index in [2.05, 4.69) is 29.2 Å². The number of thioether (sulfide) groups is 1. The Balaban J connectivity index is 1.62. The van der Waals surface area contributed by atoms with Gasteiger partial charge in [0.25, 0.3) is 0 Å². The zero-order chi connectivity index (χ0) is 17.0. The lowest BCUT2D eigenvalue weighted by atomic mass is 9.71. The Morgan fingerprint density at radius 1 is 1.29 bits per heavy atom. The van der Waals surface area contributed by atoms with Crippen molar-refractivity contribution in [2.24, 2.45) is 11.3 Å². The van der Waals surface area contributed by atoms with Gasteiger partial charge in [0.2, 0.25) is 5.91 Å². The molecule has 2 fully saturated rings. The average Bonchev–Trinajstić information content (AvgIpc) is 2.93. The Kier molecular flexibility index (Phi) is 5.85. The van der Waals surface area contributed by atoms with Gasteiger partial charge in [0.1, 0.15) is 0 Å². The van der Waals surface area contributed by atoms with E-state index in [1.807, 2.05) is 17.2 Å². The molecule has 0 aliphatic carbocycles. The summed E-state index contributed by atoms with van der Waals surface area (Å²) in [5.74, 6) is 1.17. The van der Waals surface area contributed by atoms with Crippen LogP contribution in [-0.2, 0) is 11.3 Å². The molecular formula is C19H28N2O2S. The van der Waals surface area contributed by atoms with E-state index in [1.54, 1.807) is 11.8 Å². The van der Waals surface area contributed by atoms with Crippen LogP contribution in [0.1, 0.15) is 18.4 Å². The first-order valence-electron chi connectivity index (χ1n) is 8.81. The largest absolute Gasteiger partial charge is 0.396 e. The molecule has 3 rings (SSSR count). The van der Waals surface area contributed by atoms with Gasteiger partial charge in [-0.25, -0.2) is 0 Å². The summed E-state index contributed by atoms with van der Waals surface area (Å²) in [6, 6.07) is 10.6. The predicted molar refractivity (Wildman–Crippen MR) is 98.9 cm³/mol. The lowest BCUT2D eigenvalue weighted by Gasteiger charge is -2.42. The Morgan fingerprint density at radius 2 is 2.00 bits per heavy atom. The van der Waals surface area contributed by atoms with Crippen molar-refractivity contribution in [3.63, 3.8) is 0 Å². The SMILES string of the molecule is CSCC(=O)N1CCC2(CC1)CN(Cc1ccccc1)CC2CO. The van der Waals surface area contributed by atoms with Gasteiger partial charge < -0.3 is 10.0 Å². The summed E-state index contributed by atoms with van der Waals surface area (Å²) < 4.78 is 0. The second-order valence-electron chi connectivity index (χ2n) is 7.21. The number of amides is 1. The molecule has 1 aromatic rings. The van der Waals surface area contributed by atoms with Crippen molar-refractivity contribution < 1.29 is 9.90 Å². The third kappa shape index (κ3) is 3.79. The first-order valence-corrected chi connectivity index (χ1v) is 10.2. The minimum absolute atomic E-state index is 0.180. The summed E-state index contributed by atoms with van der Waals surface area (Å²) in [5, 5.41) is 9.92. The highest BCUT2D eigenvalue weighted by atomic mass is 32.2. The van der Waals surface area contributed by atoms with Crippen molar-refractivity contribution in [3.05, 3.63) is 35.9 Å². The topological polar surface area (TPSA) is 43.8 Å². The number of nitrogens with zero attached hydrogens (tertiary/aromatic N) is 2. The molecule has 4 nitrogen and oxygen atoms in total. The molecule has 5 heteroatoms. The van der Waals surface area contributed by atoms with E-state index in [0.29, 0.717) is 11.7 Å². The van der Waals surface area contributed by atoms with Gasteiger partial charge in [-0.2, -0.15) is 11.8 Å². The Bertz CT molecular complexity index is 544. The maximum Gasteiger partial charge on any atom is 0.232 e. The molecule has 1 spiro atoms. The summed E-state index contributed by atoms with van der Waals surface area (Å²) in [5.41, 5.74) is 1.51. The van der Waals surface area contributed by atoms with E-state index in [9.17, 15) is 9.90 Å². The molecule has 2 aliphatic rings. The van der Waals surface area contributed by atoms with Gasteiger partial charge in [0, 0.05) is 45.2 Å². The molecular weight excluding hydrogens is 320 g/mol. The van der Waals surface area contributed by atoms with Crippen molar-refractivity contribution in [2.75, 3.05) is 44.8 Å². The highest BCUT2D eigenvalue weighted by Gasteiger charge is 2.47. The third-order valence-corrected chi connectivity index (χ3v) is 6.27. The van der Waals surface area contributed by atoms with Crippen molar-refractivity contribution >= 4 is 17.7 Å². The van der Waals surface area contributed by atoms with Gasteiger partial charge in [-0.1, -0.05) is 30.3 Å². The zero-order valence-corrected chi connectivity index (χ0v) is 15.3. The van der Waals surface area contributed by atoms with Crippen LogP contribution in [0.2, 0.25) is 0 Å². The monoisotopic (exact) mass is 348 g/mol. The molecule has 2 saturated heterocycles. The standard InChI is InChI=1S/C19H28N2O2S/c1-24-14-18(23)21-9-7-19(8-10-21)15-20(12-17(19)13-22)11-16-5-3-2-4-6-16/h2-6,17,22H,7-15H2,1H3. The number of piperidine rings is 1. The van der Waals surface area contributed by atoms with Gasteiger partial charge in [0.15, 0.2) is 0 Å². The minimum atomic E-state index is 0.180. The lowest BCUT2D eigenvalue weighted by Crippen LogP contribution is -2.47. The number of hydrogen-bond acceptors (Lipinski definition) is 4. The molecule has 0 bridgehead atoms. The quantitative estimate of drug-likeness (QED) is 0.885. The highest BCUT2D eigenvalue weighted by Crippen LogP contribution is 2.44. The van der Waals surface area contributed by atoms with E-state index in [-0.39, 0.29) is 17.9 Å². The van der Waals surface area contributed by atoms with Crippen LogP contribution in [0.15, 0.2) is 30.3 Å². The van der Waals surface area contributed by atoms with Crippen LogP contribution in [-0.4, -0.2) is 65.6 Å². The number of hydrogen-bond donors (Lipinski definition) is 1. The van der Waals surface area contributed by atoms with E-state index < -0.39 is 0 Å². The van der Waals surface area contributed by atoms with E-state index in [4.69, 9.17) is 0 Å². The Morgan fingerprint density at radius 3 is 2.62 bits per heavy atom. The number of likely N-dealkylation sites (tertiary alicyclic amines) is 2. The number of aliphatic hydroxyl groups excluding tert-OH is 1. The number of carbonyl (C=O) groups is 1. The van der Waals surface area contributed by atoms with Gasteiger partial charge in [-0.15, -0.1) is 0 Å². The second-order valence-corrected chi connectivity index (χ2v) is 8.08. The number of rotatable bonds is 5. The number of aliphatic hydroxyl groups is 1. The first-order chi connectivity index (χ1) is 11.7. The van der Waals surface area contributed by atoms with E-state index in [0.717, 1.165) is 45.6 Å². The van der Waals surface area contributed by atoms with Crippen molar-refractivity contribution in [3.8, 4) is 0 Å². The summed E-state index contributed by atoms with van der Waals surface area (Å²) in [7, 11) is 0. The molecule has 1 atom stereocenters. The van der Waals surface area contributed by atoms with Crippen LogP contribution in [0.4, 0.5) is 0 Å². The van der Waals surface area contributed by atoms with Gasteiger partial charge in [-0.05, 0) is 30.1 Å². The van der Waals surface area contributed by atoms with Crippen molar-refractivity contribution in [2.45, 2.75) is 19.4 Å². The number of benzene rings is 1. The molecule has 1 aromatic carbocycles. The smallest absolute Gasteiger partial charge is 0.232 e. The molecule has 2 heterocycles. The zero-order valence-electron chi connectivity index (χ0n) is 14.5. The van der Waals surface area contributed by atoms with Crippen LogP contribution < -0.4 is 0 Å². The molecule has 1 N–H and O–H groups in total. The van der Waals surface area contributed by atoms with Crippen LogP contribution in [0.5, 0.6) is 0 Å². The maximum atomic E-state index is 12.1. The van der Waals surface area contributed by atoms with Crippen LogP contribution >= 0.6 is 11.8 Å². The molecule has 132 valence electrons. The van der Waals surface area contributed by atoms with Crippen molar-refractivity contribution in [1.82, 2.24) is 9.80 Å². The normalized spacial score (nSPS) is 23.8. The number of carbonyl (C=O) groups excluding carboxylic acids is 1. The molecule has 0 radical (unpaired) electrons. The Labute approximate surface area is 149 Å². The fourth-order valence-corrected chi connectivity index (χ4v) is 4.77. The highest BCUT2D eigenvalue weighted by molar-refractivity contribution is 7.99. The van der Waals surface area contributed by atoms with Gasteiger partial charge in [-0.3, -0.25) is 9.69 Å². The van der Waals surface area contributed by atoms with Gasteiger partial charge in [0.05, 0.1) is 5.75 Å². The Hall–Kier alpha value is -1.04. The summed E-state index contributed by atoms with van der Waals surface area (Å²) >= 11 is 1.59. The molecule has 24 heavy (non-hydrogen) atoms. The fraction of sp³-hybridized carbons (Fsp3) is 0.632. The molecule has 2 aliphatic heterocycles. The van der Waals surface area contributed by atoms with Gasteiger partial charge >= 0.3 is 0 Å². The first kappa shape index (κ1) is 17.8.